The summed E-state index contributed by atoms with van der Waals surface area (Å²) < 4.78 is 5.85. The van der Waals surface area contributed by atoms with Crippen molar-refractivity contribution in [2.24, 2.45) is 0 Å². The largest absolute Gasteiger partial charge is 0.373 e. The normalized spacial score (nSPS) is 22.2. The molecule has 0 aliphatic carbocycles. The molecule has 0 unspecified atom stereocenters. The van der Waals surface area contributed by atoms with Crippen LogP contribution in [0.25, 0.3) is 10.8 Å². The molecule has 0 spiro atoms. The highest BCUT2D eigenvalue weighted by Crippen LogP contribution is 2.22. The first kappa shape index (κ1) is 18.4. The maximum atomic E-state index is 5.85. The Morgan fingerprint density at radius 1 is 1.24 bits per heavy atom. The number of thiazole rings is 1. The highest BCUT2D eigenvalue weighted by atomic mass is 32.1. The van der Waals surface area contributed by atoms with Gasteiger partial charge in [0, 0.05) is 49.5 Å². The van der Waals surface area contributed by atoms with Crippen molar-refractivity contribution < 1.29 is 4.74 Å². The Bertz CT molecular complexity index is 665. The minimum atomic E-state index is 0.0771. The lowest BCUT2D eigenvalue weighted by molar-refractivity contribution is -0.0952. The molecule has 2 aromatic rings. The molecular weight excluding hydrogens is 334 g/mol. The topological polar surface area (TPSA) is 63.2 Å². The third-order valence-electron chi connectivity index (χ3n) is 4.45. The summed E-state index contributed by atoms with van der Waals surface area (Å²) in [7, 11) is 0. The molecule has 0 bridgehead atoms. The molecule has 136 valence electrons. The van der Waals surface area contributed by atoms with Crippen molar-refractivity contribution in [2.75, 3.05) is 19.6 Å². The standard InChI is InChI=1S/C18H27N5OS/c1-13-9-23(10-14(2)24-13)18(3,4)12-19-8-15-11-25-17(22-15)16-20-6-5-7-21-16/h5-7,11,13-14,19H,8-10,12H2,1-4H3/t13-,14+. The molecule has 1 fully saturated rings. The Hall–Kier alpha value is -1.41. The highest BCUT2D eigenvalue weighted by Gasteiger charge is 2.32. The van der Waals surface area contributed by atoms with Crippen LogP contribution in [0, 0.1) is 0 Å². The maximum absolute atomic E-state index is 5.85. The number of rotatable bonds is 6. The van der Waals surface area contributed by atoms with Gasteiger partial charge in [-0.25, -0.2) is 15.0 Å². The lowest BCUT2D eigenvalue weighted by atomic mass is 10.00. The van der Waals surface area contributed by atoms with Crippen molar-refractivity contribution in [3.63, 3.8) is 0 Å². The van der Waals surface area contributed by atoms with Gasteiger partial charge >= 0.3 is 0 Å². The summed E-state index contributed by atoms with van der Waals surface area (Å²) in [5, 5.41) is 6.50. The van der Waals surface area contributed by atoms with Crippen LogP contribution in [-0.4, -0.2) is 57.2 Å². The summed E-state index contributed by atoms with van der Waals surface area (Å²) >= 11 is 1.59. The van der Waals surface area contributed by atoms with Crippen molar-refractivity contribution in [3.8, 4) is 10.8 Å². The van der Waals surface area contributed by atoms with Crippen LogP contribution in [0.4, 0.5) is 0 Å². The first-order valence-corrected chi connectivity index (χ1v) is 9.65. The van der Waals surface area contributed by atoms with Crippen LogP contribution in [0.5, 0.6) is 0 Å². The molecule has 2 atom stereocenters. The van der Waals surface area contributed by atoms with Crippen LogP contribution in [0.2, 0.25) is 0 Å². The lowest BCUT2D eigenvalue weighted by Crippen LogP contribution is -2.58. The fourth-order valence-corrected chi connectivity index (χ4v) is 3.95. The zero-order valence-corrected chi connectivity index (χ0v) is 16.2. The molecule has 3 heterocycles. The third kappa shape index (κ3) is 4.82. The first-order chi connectivity index (χ1) is 11.9. The van der Waals surface area contributed by atoms with Gasteiger partial charge in [-0.2, -0.15) is 0 Å². The van der Waals surface area contributed by atoms with E-state index in [-0.39, 0.29) is 17.7 Å². The number of aromatic nitrogens is 3. The van der Waals surface area contributed by atoms with Crippen molar-refractivity contribution in [3.05, 3.63) is 29.5 Å². The molecule has 25 heavy (non-hydrogen) atoms. The smallest absolute Gasteiger partial charge is 0.188 e. The molecule has 1 aliphatic rings. The van der Waals surface area contributed by atoms with Gasteiger partial charge in [0.25, 0.3) is 0 Å². The van der Waals surface area contributed by atoms with Crippen molar-refractivity contribution in [1.82, 2.24) is 25.2 Å². The van der Waals surface area contributed by atoms with E-state index in [1.54, 1.807) is 23.7 Å². The molecule has 0 radical (unpaired) electrons. The molecule has 0 saturated carbocycles. The molecule has 2 aromatic heterocycles. The Labute approximate surface area is 153 Å². The molecule has 7 heteroatoms. The van der Waals surface area contributed by atoms with E-state index in [9.17, 15) is 0 Å². The molecule has 6 nitrogen and oxygen atoms in total. The van der Waals surface area contributed by atoms with E-state index >= 15 is 0 Å². The number of hydrogen-bond donors (Lipinski definition) is 1. The molecule has 1 aliphatic heterocycles. The first-order valence-electron chi connectivity index (χ1n) is 8.77. The van der Waals surface area contributed by atoms with Gasteiger partial charge < -0.3 is 10.1 Å². The van der Waals surface area contributed by atoms with Gasteiger partial charge in [0.1, 0.15) is 0 Å². The Balaban J connectivity index is 1.53. The van der Waals surface area contributed by atoms with E-state index in [2.05, 4.69) is 58.2 Å². The van der Waals surface area contributed by atoms with E-state index in [4.69, 9.17) is 4.74 Å². The monoisotopic (exact) mass is 361 g/mol. The van der Waals surface area contributed by atoms with Crippen molar-refractivity contribution in [2.45, 2.75) is 52.0 Å². The summed E-state index contributed by atoms with van der Waals surface area (Å²) in [6, 6.07) is 1.81. The second kappa shape index (κ2) is 7.86. The average molecular weight is 362 g/mol. The zero-order chi connectivity index (χ0) is 17.9. The highest BCUT2D eigenvalue weighted by molar-refractivity contribution is 7.13. The van der Waals surface area contributed by atoms with Crippen LogP contribution < -0.4 is 5.32 Å². The minimum Gasteiger partial charge on any atom is -0.373 e. The summed E-state index contributed by atoms with van der Waals surface area (Å²) in [6.45, 7) is 12.5. The minimum absolute atomic E-state index is 0.0771. The predicted octanol–water partition coefficient (Wildman–Crippen LogP) is 2.58. The molecule has 1 saturated heterocycles. The number of morpholine rings is 1. The Morgan fingerprint density at radius 3 is 2.60 bits per heavy atom. The Morgan fingerprint density at radius 2 is 1.92 bits per heavy atom. The average Bonchev–Trinajstić information content (AvgIpc) is 3.03. The lowest BCUT2D eigenvalue weighted by Gasteiger charge is -2.45. The fraction of sp³-hybridized carbons (Fsp3) is 0.611. The number of ether oxygens (including phenoxy) is 1. The van der Waals surface area contributed by atoms with Crippen LogP contribution in [0.3, 0.4) is 0 Å². The second-order valence-corrected chi connectivity index (χ2v) is 8.15. The Kier molecular flexibility index (Phi) is 5.78. The summed E-state index contributed by atoms with van der Waals surface area (Å²) in [5.41, 5.74) is 1.11. The van der Waals surface area contributed by atoms with E-state index < -0.39 is 0 Å². The van der Waals surface area contributed by atoms with Crippen LogP contribution in [0.15, 0.2) is 23.8 Å². The molecule has 0 aromatic carbocycles. The fourth-order valence-electron chi connectivity index (χ4n) is 3.18. The quantitative estimate of drug-likeness (QED) is 0.853. The summed E-state index contributed by atoms with van der Waals surface area (Å²) in [5.74, 6) is 0.690. The number of nitrogens with one attached hydrogen (secondary N) is 1. The van der Waals surface area contributed by atoms with Gasteiger partial charge in [0.2, 0.25) is 0 Å². The van der Waals surface area contributed by atoms with Gasteiger partial charge in [0.15, 0.2) is 10.8 Å². The van der Waals surface area contributed by atoms with E-state index in [0.29, 0.717) is 5.82 Å². The van der Waals surface area contributed by atoms with Gasteiger partial charge in [-0.15, -0.1) is 11.3 Å². The second-order valence-electron chi connectivity index (χ2n) is 7.29. The third-order valence-corrected chi connectivity index (χ3v) is 5.34. The van der Waals surface area contributed by atoms with E-state index in [0.717, 1.165) is 36.9 Å². The van der Waals surface area contributed by atoms with E-state index in [1.165, 1.54) is 0 Å². The number of nitrogens with zero attached hydrogens (tertiary/aromatic N) is 4. The summed E-state index contributed by atoms with van der Waals surface area (Å²) in [6.07, 6.45) is 4.06. The van der Waals surface area contributed by atoms with Crippen LogP contribution in [0.1, 0.15) is 33.4 Å². The van der Waals surface area contributed by atoms with Crippen LogP contribution >= 0.6 is 11.3 Å². The molecule has 0 amide bonds. The van der Waals surface area contributed by atoms with Crippen molar-refractivity contribution in [1.29, 1.82) is 0 Å². The molecular formula is C18H27N5OS. The van der Waals surface area contributed by atoms with Crippen molar-refractivity contribution >= 4 is 11.3 Å². The maximum Gasteiger partial charge on any atom is 0.188 e. The van der Waals surface area contributed by atoms with Gasteiger partial charge in [-0.05, 0) is 33.8 Å². The van der Waals surface area contributed by atoms with Crippen LogP contribution in [-0.2, 0) is 11.3 Å². The summed E-state index contributed by atoms with van der Waals surface area (Å²) in [4.78, 5) is 15.7. The SMILES string of the molecule is C[C@@H]1CN(C(C)(C)CNCc2csc(-c3ncccn3)n2)C[C@H](C)O1. The van der Waals surface area contributed by atoms with Gasteiger partial charge in [0.05, 0.1) is 17.9 Å². The number of hydrogen-bond acceptors (Lipinski definition) is 7. The van der Waals surface area contributed by atoms with Gasteiger partial charge in [-0.3, -0.25) is 4.90 Å². The van der Waals surface area contributed by atoms with Gasteiger partial charge in [-0.1, -0.05) is 0 Å². The van der Waals surface area contributed by atoms with E-state index in [1.807, 2.05) is 6.07 Å². The molecule has 1 N–H and O–H groups in total. The zero-order valence-electron chi connectivity index (χ0n) is 15.4. The predicted molar refractivity (Wildman–Crippen MR) is 101 cm³/mol. The molecule has 3 rings (SSSR count).